The molecule has 0 aliphatic carbocycles. The molecule has 0 saturated heterocycles. The number of aromatic nitrogens is 1. The Balaban J connectivity index is 1.70. The van der Waals surface area contributed by atoms with Crippen molar-refractivity contribution in [1.29, 1.82) is 0 Å². The van der Waals surface area contributed by atoms with E-state index in [0.717, 1.165) is 22.2 Å². The number of amides is 1. The molecule has 3 aromatic carbocycles. The Morgan fingerprint density at radius 1 is 0.839 bits per heavy atom. The van der Waals surface area contributed by atoms with Crippen molar-refractivity contribution in [2.75, 3.05) is 18.5 Å². The molecule has 1 N–H and O–H groups in total. The summed E-state index contributed by atoms with van der Waals surface area (Å²) in [7, 11) is 0. The van der Waals surface area contributed by atoms with E-state index in [9.17, 15) is 4.79 Å². The first kappa shape index (κ1) is 20.4. The number of para-hydroxylation sites is 2. The number of hydrogen-bond acceptors (Lipinski definition) is 4. The zero-order chi connectivity index (χ0) is 21.6. The van der Waals surface area contributed by atoms with Crippen molar-refractivity contribution in [2.24, 2.45) is 0 Å². The highest BCUT2D eigenvalue weighted by Gasteiger charge is 2.14. The summed E-state index contributed by atoms with van der Waals surface area (Å²) in [4.78, 5) is 17.7. The first-order valence-corrected chi connectivity index (χ1v) is 10.4. The van der Waals surface area contributed by atoms with E-state index in [1.165, 1.54) is 0 Å². The number of ether oxygens (including phenoxy) is 2. The molecule has 0 saturated carbocycles. The van der Waals surface area contributed by atoms with Crippen LogP contribution in [0.1, 0.15) is 24.2 Å². The summed E-state index contributed by atoms with van der Waals surface area (Å²) < 4.78 is 11.5. The molecule has 0 atom stereocenters. The molecule has 0 bridgehead atoms. The third-order valence-electron chi connectivity index (χ3n) is 4.84. The molecule has 0 radical (unpaired) electrons. The third-order valence-corrected chi connectivity index (χ3v) is 4.84. The van der Waals surface area contributed by atoms with E-state index in [-0.39, 0.29) is 5.91 Å². The number of rotatable bonds is 7. The van der Waals surface area contributed by atoms with Gasteiger partial charge in [0, 0.05) is 22.6 Å². The van der Waals surface area contributed by atoms with Crippen LogP contribution in [0.25, 0.3) is 22.2 Å². The largest absolute Gasteiger partial charge is 0.493 e. The molecule has 156 valence electrons. The van der Waals surface area contributed by atoms with Crippen molar-refractivity contribution >= 4 is 22.5 Å². The van der Waals surface area contributed by atoms with Gasteiger partial charge in [-0.05, 0) is 44.2 Å². The Labute approximate surface area is 181 Å². The van der Waals surface area contributed by atoms with Crippen LogP contribution < -0.4 is 14.8 Å². The van der Waals surface area contributed by atoms with Gasteiger partial charge in [0.2, 0.25) is 0 Å². The van der Waals surface area contributed by atoms with Gasteiger partial charge < -0.3 is 14.8 Å². The summed E-state index contributed by atoms with van der Waals surface area (Å²) in [6.45, 7) is 4.89. The minimum Gasteiger partial charge on any atom is -0.493 e. The number of carbonyl (C=O) groups excluding carboxylic acids is 1. The van der Waals surface area contributed by atoms with Crippen molar-refractivity contribution in [3.05, 3.63) is 84.4 Å². The quantitative estimate of drug-likeness (QED) is 0.407. The first-order chi connectivity index (χ1) is 15.2. The minimum absolute atomic E-state index is 0.219. The van der Waals surface area contributed by atoms with Crippen LogP contribution in [0.15, 0.2) is 78.9 Å². The number of benzene rings is 3. The smallest absolute Gasteiger partial charge is 0.255 e. The topological polar surface area (TPSA) is 60.5 Å². The van der Waals surface area contributed by atoms with Crippen molar-refractivity contribution in [3.8, 4) is 22.8 Å². The Morgan fingerprint density at radius 2 is 1.55 bits per heavy atom. The van der Waals surface area contributed by atoms with Crippen LogP contribution >= 0.6 is 0 Å². The number of nitrogens with one attached hydrogen (secondary N) is 1. The van der Waals surface area contributed by atoms with Gasteiger partial charge in [0.05, 0.1) is 30.1 Å². The molecule has 0 aliphatic rings. The first-order valence-electron chi connectivity index (χ1n) is 10.4. The van der Waals surface area contributed by atoms with E-state index in [1.807, 2.05) is 86.6 Å². The normalized spacial score (nSPS) is 10.6. The number of carbonyl (C=O) groups is 1. The lowest BCUT2D eigenvalue weighted by Crippen LogP contribution is -2.13. The molecule has 0 fully saturated rings. The summed E-state index contributed by atoms with van der Waals surface area (Å²) in [5.41, 5.74) is 3.78. The van der Waals surface area contributed by atoms with E-state index < -0.39 is 0 Å². The minimum atomic E-state index is -0.219. The Bertz CT molecular complexity index is 1210. The van der Waals surface area contributed by atoms with Crippen LogP contribution in [-0.4, -0.2) is 24.1 Å². The zero-order valence-corrected chi connectivity index (χ0v) is 17.6. The molecular weight excluding hydrogens is 388 g/mol. The lowest BCUT2D eigenvalue weighted by atomic mass is 10.1. The highest BCUT2D eigenvalue weighted by Crippen LogP contribution is 2.31. The van der Waals surface area contributed by atoms with Gasteiger partial charge in [0.25, 0.3) is 5.91 Å². The predicted molar refractivity (Wildman–Crippen MR) is 124 cm³/mol. The van der Waals surface area contributed by atoms with Gasteiger partial charge in [-0.25, -0.2) is 4.98 Å². The molecule has 31 heavy (non-hydrogen) atoms. The Hall–Kier alpha value is -3.86. The van der Waals surface area contributed by atoms with Crippen LogP contribution in [0.5, 0.6) is 11.5 Å². The van der Waals surface area contributed by atoms with Crippen LogP contribution in [0, 0.1) is 0 Å². The van der Waals surface area contributed by atoms with E-state index in [4.69, 9.17) is 14.5 Å². The highest BCUT2D eigenvalue weighted by atomic mass is 16.5. The number of fused-ring (bicyclic) bond motifs is 1. The second kappa shape index (κ2) is 9.30. The average Bonchev–Trinajstić information content (AvgIpc) is 2.81. The molecule has 5 heteroatoms. The monoisotopic (exact) mass is 412 g/mol. The fraction of sp³-hybridized carbons (Fsp3) is 0.154. The van der Waals surface area contributed by atoms with E-state index in [1.54, 1.807) is 6.07 Å². The SMILES string of the molecule is CCOc1ccccc1NC(=O)c1ccc2nc(-c3ccccc3)cc(OCC)c2c1. The van der Waals surface area contributed by atoms with Gasteiger partial charge in [0.15, 0.2) is 0 Å². The summed E-state index contributed by atoms with van der Waals surface area (Å²) >= 11 is 0. The van der Waals surface area contributed by atoms with Crippen LogP contribution in [0.4, 0.5) is 5.69 Å². The van der Waals surface area contributed by atoms with Crippen molar-refractivity contribution in [3.63, 3.8) is 0 Å². The number of hydrogen-bond donors (Lipinski definition) is 1. The van der Waals surface area contributed by atoms with Gasteiger partial charge >= 0.3 is 0 Å². The Kier molecular flexibility index (Phi) is 6.13. The van der Waals surface area contributed by atoms with E-state index >= 15 is 0 Å². The second-order valence-corrected chi connectivity index (χ2v) is 6.92. The highest BCUT2D eigenvalue weighted by molar-refractivity contribution is 6.07. The molecule has 5 nitrogen and oxygen atoms in total. The molecule has 0 aliphatic heterocycles. The average molecular weight is 412 g/mol. The molecular formula is C26H24N2O3. The number of pyridine rings is 1. The summed E-state index contributed by atoms with van der Waals surface area (Å²) in [6, 6.07) is 24.7. The molecule has 1 aromatic heterocycles. The fourth-order valence-corrected chi connectivity index (χ4v) is 3.41. The maximum absolute atomic E-state index is 12.9. The second-order valence-electron chi connectivity index (χ2n) is 6.92. The molecule has 0 unspecified atom stereocenters. The molecule has 0 spiro atoms. The van der Waals surface area contributed by atoms with Crippen molar-refractivity contribution < 1.29 is 14.3 Å². The van der Waals surface area contributed by atoms with Gasteiger partial charge in [-0.1, -0.05) is 42.5 Å². The lowest BCUT2D eigenvalue weighted by molar-refractivity contribution is 0.102. The van der Waals surface area contributed by atoms with Gasteiger partial charge in [0.1, 0.15) is 11.5 Å². The summed E-state index contributed by atoms with van der Waals surface area (Å²) in [5, 5.41) is 3.74. The van der Waals surface area contributed by atoms with Gasteiger partial charge in [-0.3, -0.25) is 4.79 Å². The van der Waals surface area contributed by atoms with Gasteiger partial charge in [-0.2, -0.15) is 0 Å². The molecule has 1 amide bonds. The van der Waals surface area contributed by atoms with E-state index in [0.29, 0.717) is 36.0 Å². The van der Waals surface area contributed by atoms with Crippen molar-refractivity contribution in [1.82, 2.24) is 4.98 Å². The predicted octanol–water partition coefficient (Wildman–Crippen LogP) is 5.95. The number of anilines is 1. The molecule has 4 rings (SSSR count). The zero-order valence-electron chi connectivity index (χ0n) is 17.6. The Morgan fingerprint density at radius 3 is 2.32 bits per heavy atom. The summed E-state index contributed by atoms with van der Waals surface area (Å²) in [5.74, 6) is 1.13. The van der Waals surface area contributed by atoms with Gasteiger partial charge in [-0.15, -0.1) is 0 Å². The van der Waals surface area contributed by atoms with Crippen LogP contribution in [0.3, 0.4) is 0 Å². The van der Waals surface area contributed by atoms with Crippen molar-refractivity contribution in [2.45, 2.75) is 13.8 Å². The fourth-order valence-electron chi connectivity index (χ4n) is 3.41. The summed E-state index contributed by atoms with van der Waals surface area (Å²) in [6.07, 6.45) is 0. The third kappa shape index (κ3) is 4.51. The number of nitrogens with zero attached hydrogens (tertiary/aromatic N) is 1. The maximum Gasteiger partial charge on any atom is 0.255 e. The van der Waals surface area contributed by atoms with Crippen LogP contribution in [0.2, 0.25) is 0 Å². The van der Waals surface area contributed by atoms with Crippen LogP contribution in [-0.2, 0) is 0 Å². The maximum atomic E-state index is 12.9. The lowest BCUT2D eigenvalue weighted by Gasteiger charge is -2.13. The standard InChI is InChI=1S/C26H24N2O3/c1-3-30-24-13-9-8-12-22(24)28-26(29)19-14-15-21-20(16-19)25(31-4-2)17-23(27-21)18-10-6-5-7-11-18/h5-17H,3-4H2,1-2H3,(H,28,29). The molecule has 1 heterocycles. The molecule has 4 aromatic rings. The van der Waals surface area contributed by atoms with E-state index in [2.05, 4.69) is 5.32 Å².